The third-order valence-corrected chi connectivity index (χ3v) is 8.44. The van der Waals surface area contributed by atoms with Gasteiger partial charge in [0.15, 0.2) is 0 Å². The zero-order valence-corrected chi connectivity index (χ0v) is 19.1. The lowest BCUT2D eigenvalue weighted by Crippen LogP contribution is -2.59. The molecule has 170 valence electrons. The normalized spacial score (nSPS) is 33.9. The molecule has 0 bridgehead atoms. The van der Waals surface area contributed by atoms with Crippen molar-refractivity contribution in [3.63, 3.8) is 0 Å². The summed E-state index contributed by atoms with van der Waals surface area (Å²) in [6.45, 7) is 8.50. The lowest BCUT2D eigenvalue weighted by Gasteiger charge is -2.42. The lowest BCUT2D eigenvalue weighted by molar-refractivity contribution is -0.144. The summed E-state index contributed by atoms with van der Waals surface area (Å²) < 4.78 is 0. The van der Waals surface area contributed by atoms with Gasteiger partial charge in [0.25, 0.3) is 0 Å². The Morgan fingerprint density at radius 1 is 1.10 bits per heavy atom. The Hall–Kier alpha value is -1.14. The van der Waals surface area contributed by atoms with E-state index >= 15 is 0 Å². The minimum atomic E-state index is -0.144. The maximum absolute atomic E-state index is 13.1. The molecular weight excluding hydrogens is 376 g/mol. The van der Waals surface area contributed by atoms with Crippen molar-refractivity contribution in [3.05, 3.63) is 0 Å². The Morgan fingerprint density at radius 3 is 2.47 bits per heavy atom. The lowest BCUT2D eigenvalue weighted by atomic mass is 9.72. The van der Waals surface area contributed by atoms with Crippen LogP contribution in [-0.4, -0.2) is 72.5 Å². The van der Waals surface area contributed by atoms with E-state index < -0.39 is 0 Å². The van der Waals surface area contributed by atoms with Gasteiger partial charge in [0.1, 0.15) is 0 Å². The molecule has 2 saturated carbocycles. The van der Waals surface area contributed by atoms with Crippen LogP contribution in [0.4, 0.5) is 0 Å². The van der Waals surface area contributed by atoms with Crippen molar-refractivity contribution >= 4 is 11.8 Å². The Balaban J connectivity index is 1.22. The number of hydrogen-bond donors (Lipinski definition) is 2. The van der Waals surface area contributed by atoms with E-state index in [1.54, 1.807) is 0 Å². The predicted molar refractivity (Wildman–Crippen MR) is 119 cm³/mol. The van der Waals surface area contributed by atoms with Gasteiger partial charge in [0.05, 0.1) is 6.04 Å². The van der Waals surface area contributed by atoms with Crippen LogP contribution in [0.5, 0.6) is 0 Å². The van der Waals surface area contributed by atoms with Gasteiger partial charge in [-0.2, -0.15) is 0 Å². The molecular formula is C24H42N4O2. The Kier molecular flexibility index (Phi) is 7.03. The number of nitrogens with one attached hydrogen (secondary N) is 2. The van der Waals surface area contributed by atoms with Gasteiger partial charge in [0.2, 0.25) is 11.8 Å². The standard InChI is InChI=1S/C24H42N4O2/c1-18-16-27(22(29)15-20-5-3-4-6-20)13-14-28(18)23(30)19(2)26-21-7-9-24(10-8-21)11-12-25-17-24/h18-21,25-26H,3-17H2,1-2H3/t18-,19-,21?,24?/m1/s1. The third kappa shape index (κ3) is 5.01. The highest BCUT2D eigenvalue weighted by Gasteiger charge is 2.39. The molecule has 0 aromatic heterocycles. The molecule has 2 aliphatic heterocycles. The van der Waals surface area contributed by atoms with Crippen molar-refractivity contribution < 1.29 is 9.59 Å². The summed E-state index contributed by atoms with van der Waals surface area (Å²) in [6, 6.07) is 0.413. The van der Waals surface area contributed by atoms with E-state index in [-0.39, 0.29) is 18.0 Å². The number of nitrogens with zero attached hydrogens (tertiary/aromatic N) is 2. The maximum atomic E-state index is 13.1. The van der Waals surface area contributed by atoms with Crippen molar-refractivity contribution in [2.24, 2.45) is 11.3 Å². The second-order valence-electron chi connectivity index (χ2n) is 10.7. The highest BCUT2D eigenvalue weighted by molar-refractivity contribution is 5.82. The Bertz CT molecular complexity index is 602. The molecule has 2 saturated heterocycles. The van der Waals surface area contributed by atoms with Gasteiger partial charge in [-0.15, -0.1) is 0 Å². The second kappa shape index (κ2) is 9.56. The first kappa shape index (κ1) is 22.1. The average molecular weight is 419 g/mol. The molecule has 2 aliphatic carbocycles. The molecule has 4 rings (SSSR count). The third-order valence-electron chi connectivity index (χ3n) is 8.44. The predicted octanol–water partition coefficient (Wildman–Crippen LogP) is 2.53. The first-order valence-corrected chi connectivity index (χ1v) is 12.5. The molecule has 6 nitrogen and oxygen atoms in total. The molecule has 0 aromatic carbocycles. The highest BCUT2D eigenvalue weighted by atomic mass is 16.2. The van der Waals surface area contributed by atoms with Crippen LogP contribution >= 0.6 is 0 Å². The van der Waals surface area contributed by atoms with E-state index in [2.05, 4.69) is 17.6 Å². The van der Waals surface area contributed by atoms with Crippen molar-refractivity contribution in [1.29, 1.82) is 0 Å². The van der Waals surface area contributed by atoms with Gasteiger partial charge in [-0.05, 0) is 76.7 Å². The van der Waals surface area contributed by atoms with Gasteiger partial charge in [-0.25, -0.2) is 0 Å². The molecule has 2 heterocycles. The molecule has 4 aliphatic rings. The van der Waals surface area contributed by atoms with Gasteiger partial charge in [-0.3, -0.25) is 9.59 Å². The summed E-state index contributed by atoms with van der Waals surface area (Å²) in [5.41, 5.74) is 0.529. The van der Waals surface area contributed by atoms with Crippen LogP contribution in [0.15, 0.2) is 0 Å². The zero-order chi connectivity index (χ0) is 21.1. The first-order chi connectivity index (χ1) is 14.5. The highest BCUT2D eigenvalue weighted by Crippen LogP contribution is 2.41. The van der Waals surface area contributed by atoms with Gasteiger partial charge >= 0.3 is 0 Å². The van der Waals surface area contributed by atoms with Crippen LogP contribution in [0.25, 0.3) is 0 Å². The van der Waals surface area contributed by atoms with Crippen molar-refractivity contribution in [2.75, 3.05) is 32.7 Å². The molecule has 2 N–H and O–H groups in total. The summed E-state index contributed by atoms with van der Waals surface area (Å²) in [4.78, 5) is 29.8. The summed E-state index contributed by atoms with van der Waals surface area (Å²) in [5.74, 6) is 1.09. The number of hydrogen-bond acceptors (Lipinski definition) is 4. The van der Waals surface area contributed by atoms with Crippen molar-refractivity contribution in [3.8, 4) is 0 Å². The zero-order valence-electron chi connectivity index (χ0n) is 19.1. The number of carbonyl (C=O) groups excluding carboxylic acids is 2. The molecule has 30 heavy (non-hydrogen) atoms. The smallest absolute Gasteiger partial charge is 0.239 e. The average Bonchev–Trinajstić information content (AvgIpc) is 3.42. The quantitative estimate of drug-likeness (QED) is 0.720. The monoisotopic (exact) mass is 418 g/mol. The number of rotatable bonds is 5. The molecule has 0 radical (unpaired) electrons. The number of carbonyl (C=O) groups is 2. The van der Waals surface area contributed by atoms with E-state index in [0.717, 1.165) is 0 Å². The fourth-order valence-electron chi connectivity index (χ4n) is 6.39. The van der Waals surface area contributed by atoms with E-state index in [1.165, 1.54) is 70.9 Å². The van der Waals surface area contributed by atoms with Gasteiger partial charge in [-0.1, -0.05) is 12.8 Å². The summed E-state index contributed by atoms with van der Waals surface area (Å²) in [5, 5.41) is 7.16. The van der Waals surface area contributed by atoms with Crippen molar-refractivity contribution in [1.82, 2.24) is 20.4 Å². The molecule has 2 amide bonds. The fraction of sp³-hybridized carbons (Fsp3) is 0.917. The first-order valence-electron chi connectivity index (χ1n) is 12.5. The second-order valence-corrected chi connectivity index (χ2v) is 10.7. The van der Waals surface area contributed by atoms with Crippen LogP contribution in [-0.2, 0) is 9.59 Å². The number of amides is 2. The van der Waals surface area contributed by atoms with E-state index in [9.17, 15) is 9.59 Å². The van der Waals surface area contributed by atoms with E-state index in [1.807, 2.05) is 16.7 Å². The fourth-order valence-corrected chi connectivity index (χ4v) is 6.39. The van der Waals surface area contributed by atoms with Gasteiger partial charge in [0, 0.05) is 44.7 Å². The minimum absolute atomic E-state index is 0.0993. The molecule has 4 fully saturated rings. The van der Waals surface area contributed by atoms with E-state index in [4.69, 9.17) is 0 Å². The minimum Gasteiger partial charge on any atom is -0.339 e. The van der Waals surface area contributed by atoms with Crippen LogP contribution in [0.1, 0.15) is 78.1 Å². The van der Waals surface area contributed by atoms with Crippen LogP contribution < -0.4 is 10.6 Å². The van der Waals surface area contributed by atoms with E-state index in [0.29, 0.717) is 49.3 Å². The van der Waals surface area contributed by atoms with Crippen LogP contribution in [0.3, 0.4) is 0 Å². The Morgan fingerprint density at radius 2 is 1.83 bits per heavy atom. The number of piperazine rings is 1. The Labute approximate surface area is 182 Å². The SMILES string of the molecule is C[C@@H]1CN(C(=O)CC2CCCC2)CCN1C(=O)[C@@H](C)NC1CCC2(CCNC2)CC1. The molecule has 2 atom stereocenters. The summed E-state index contributed by atoms with van der Waals surface area (Å²) in [7, 11) is 0. The summed E-state index contributed by atoms with van der Waals surface area (Å²) in [6.07, 6.45) is 11.9. The molecule has 0 aromatic rings. The molecule has 1 spiro atoms. The largest absolute Gasteiger partial charge is 0.339 e. The summed E-state index contributed by atoms with van der Waals surface area (Å²) >= 11 is 0. The van der Waals surface area contributed by atoms with Gasteiger partial charge < -0.3 is 20.4 Å². The molecule has 0 unspecified atom stereocenters. The van der Waals surface area contributed by atoms with Crippen LogP contribution in [0.2, 0.25) is 0 Å². The molecule has 6 heteroatoms. The maximum Gasteiger partial charge on any atom is 0.239 e. The van der Waals surface area contributed by atoms with Crippen LogP contribution in [0, 0.1) is 11.3 Å². The topological polar surface area (TPSA) is 64.7 Å². The van der Waals surface area contributed by atoms with Crippen molar-refractivity contribution in [2.45, 2.75) is 96.2 Å².